The number of carbonyl (C=O) groups is 1. The second-order valence-corrected chi connectivity index (χ2v) is 7.17. The molecule has 0 aliphatic heterocycles. The molecule has 0 fully saturated rings. The van der Waals surface area contributed by atoms with Gasteiger partial charge in [0.05, 0.1) is 0 Å². The lowest BCUT2D eigenvalue weighted by Crippen LogP contribution is -2.38. The van der Waals surface area contributed by atoms with Gasteiger partial charge in [0.25, 0.3) is 0 Å². The zero-order chi connectivity index (χ0) is 13.2. The van der Waals surface area contributed by atoms with Crippen molar-refractivity contribution < 1.29 is 18.3 Å². The maximum absolute atomic E-state index is 11.9. The third-order valence-electron chi connectivity index (χ3n) is 2.56. The van der Waals surface area contributed by atoms with E-state index in [9.17, 15) is 13.2 Å². The highest BCUT2D eigenvalue weighted by atomic mass is 32.2. The molecule has 1 N–H and O–H groups in total. The molecule has 96 valence electrons. The third-order valence-corrected chi connectivity index (χ3v) is 5.66. The fourth-order valence-corrected chi connectivity index (χ4v) is 3.40. The molecular weight excluding hydrogens is 262 g/mol. The Morgan fingerprint density at radius 1 is 1.59 bits per heavy atom. The summed E-state index contributed by atoms with van der Waals surface area (Å²) in [7, 11) is -2.39. The van der Waals surface area contributed by atoms with Crippen LogP contribution in [0.3, 0.4) is 0 Å². The normalized spacial score (nSPS) is 13.9. The van der Waals surface area contributed by atoms with Gasteiger partial charge in [-0.2, -0.15) is 4.31 Å². The number of carboxylic acid groups (broad SMARTS) is 1. The minimum absolute atomic E-state index is 0.212. The summed E-state index contributed by atoms with van der Waals surface area (Å²) < 4.78 is 24.8. The van der Waals surface area contributed by atoms with Crippen molar-refractivity contribution in [2.75, 3.05) is 7.05 Å². The van der Waals surface area contributed by atoms with Gasteiger partial charge >= 0.3 is 5.97 Å². The Bertz CT molecular complexity index is 506. The van der Waals surface area contributed by atoms with Crippen LogP contribution in [0.2, 0.25) is 0 Å². The molecule has 0 spiro atoms. The molecule has 17 heavy (non-hydrogen) atoms. The lowest BCUT2D eigenvalue weighted by molar-refractivity contribution is -0.136. The molecule has 0 aliphatic rings. The van der Waals surface area contributed by atoms with Crippen molar-refractivity contribution in [3.63, 3.8) is 0 Å². The number of sulfonamides is 1. The van der Waals surface area contributed by atoms with Crippen LogP contribution in [-0.2, 0) is 21.4 Å². The average Bonchev–Trinajstić information content (AvgIpc) is 2.63. The van der Waals surface area contributed by atoms with E-state index in [-0.39, 0.29) is 6.54 Å². The van der Waals surface area contributed by atoms with Gasteiger partial charge in [-0.1, -0.05) is 0 Å². The molecule has 1 unspecified atom stereocenters. The predicted molar refractivity (Wildman–Crippen MR) is 66.5 cm³/mol. The number of nitrogens with zero attached hydrogens (tertiary/aromatic N) is 1. The first-order valence-corrected chi connectivity index (χ1v) is 7.36. The van der Waals surface area contributed by atoms with Crippen LogP contribution in [0.25, 0.3) is 0 Å². The van der Waals surface area contributed by atoms with Gasteiger partial charge in [0.2, 0.25) is 10.0 Å². The molecule has 0 amide bonds. The Labute approximate surface area is 105 Å². The van der Waals surface area contributed by atoms with Crippen LogP contribution in [-0.4, -0.2) is 36.1 Å². The third kappa shape index (κ3) is 3.05. The summed E-state index contributed by atoms with van der Waals surface area (Å²) >= 11 is 1.46. The SMILES string of the molecule is Cc1ccsc1CN(C)S(=O)(=O)C(C)C(=O)O. The molecule has 0 aromatic carbocycles. The van der Waals surface area contributed by atoms with Crippen molar-refractivity contribution >= 4 is 27.3 Å². The maximum Gasteiger partial charge on any atom is 0.323 e. The molecule has 0 aliphatic carbocycles. The highest BCUT2D eigenvalue weighted by Gasteiger charge is 2.31. The van der Waals surface area contributed by atoms with Crippen LogP contribution in [0, 0.1) is 6.92 Å². The van der Waals surface area contributed by atoms with E-state index in [1.54, 1.807) is 0 Å². The van der Waals surface area contributed by atoms with Gasteiger partial charge < -0.3 is 5.11 Å². The number of rotatable bonds is 5. The first-order chi connectivity index (χ1) is 7.76. The van der Waals surface area contributed by atoms with Crippen LogP contribution in [0.4, 0.5) is 0 Å². The van der Waals surface area contributed by atoms with E-state index < -0.39 is 21.2 Å². The summed E-state index contributed by atoms with van der Waals surface area (Å²) in [5.41, 5.74) is 1.01. The molecule has 1 aromatic rings. The molecule has 1 rings (SSSR count). The second-order valence-electron chi connectivity index (χ2n) is 3.81. The van der Waals surface area contributed by atoms with Crippen LogP contribution < -0.4 is 0 Å². The van der Waals surface area contributed by atoms with E-state index >= 15 is 0 Å². The lowest BCUT2D eigenvalue weighted by Gasteiger charge is -2.19. The van der Waals surface area contributed by atoms with E-state index in [0.29, 0.717) is 0 Å². The molecule has 1 atom stereocenters. The van der Waals surface area contributed by atoms with Gasteiger partial charge in [0, 0.05) is 18.5 Å². The number of hydrogen-bond donors (Lipinski definition) is 1. The van der Waals surface area contributed by atoms with Crippen molar-refractivity contribution in [1.82, 2.24) is 4.31 Å². The average molecular weight is 277 g/mol. The van der Waals surface area contributed by atoms with E-state index in [2.05, 4.69) is 0 Å². The largest absolute Gasteiger partial charge is 0.480 e. The fourth-order valence-electron chi connectivity index (χ4n) is 1.26. The highest BCUT2D eigenvalue weighted by molar-refractivity contribution is 7.90. The van der Waals surface area contributed by atoms with Gasteiger partial charge in [0.15, 0.2) is 5.25 Å². The summed E-state index contributed by atoms with van der Waals surface area (Å²) in [4.78, 5) is 11.6. The Morgan fingerprint density at radius 2 is 2.18 bits per heavy atom. The van der Waals surface area contributed by atoms with Crippen molar-refractivity contribution in [1.29, 1.82) is 0 Å². The quantitative estimate of drug-likeness (QED) is 0.880. The van der Waals surface area contributed by atoms with E-state index in [4.69, 9.17) is 5.11 Å². The Kier molecular flexibility index (Phi) is 4.29. The number of thiophene rings is 1. The lowest BCUT2D eigenvalue weighted by atomic mass is 10.3. The Hall–Kier alpha value is -0.920. The molecule has 5 nitrogen and oxygen atoms in total. The van der Waals surface area contributed by atoms with Gasteiger partial charge in [-0.3, -0.25) is 4.79 Å². The molecule has 1 heterocycles. The summed E-state index contributed by atoms with van der Waals surface area (Å²) in [6, 6.07) is 1.90. The molecule has 0 saturated heterocycles. The maximum atomic E-state index is 11.9. The molecule has 7 heteroatoms. The number of hydrogen-bond acceptors (Lipinski definition) is 4. The Morgan fingerprint density at radius 3 is 2.59 bits per heavy atom. The van der Waals surface area contributed by atoms with Gasteiger partial charge in [-0.15, -0.1) is 11.3 Å². The molecule has 0 bridgehead atoms. The Balaban J connectivity index is 2.87. The standard InChI is InChI=1S/C10H15NO4S2/c1-7-4-5-16-9(7)6-11(3)17(14,15)8(2)10(12)13/h4-5,8H,6H2,1-3H3,(H,12,13). The zero-order valence-corrected chi connectivity index (χ0v) is 11.5. The number of aliphatic carboxylic acids is 1. The smallest absolute Gasteiger partial charge is 0.323 e. The molecule has 0 radical (unpaired) electrons. The summed E-state index contributed by atoms with van der Waals surface area (Å²) in [5, 5.41) is 9.20. The fraction of sp³-hybridized carbons (Fsp3) is 0.500. The summed E-state index contributed by atoms with van der Waals surface area (Å²) in [6.07, 6.45) is 0. The zero-order valence-electron chi connectivity index (χ0n) is 9.87. The van der Waals surface area contributed by atoms with E-state index in [0.717, 1.165) is 14.7 Å². The summed E-state index contributed by atoms with van der Waals surface area (Å²) in [6.45, 7) is 3.28. The number of aryl methyl sites for hydroxylation is 1. The topological polar surface area (TPSA) is 74.7 Å². The van der Waals surface area contributed by atoms with Crippen LogP contribution in [0.5, 0.6) is 0 Å². The van der Waals surface area contributed by atoms with Crippen molar-refractivity contribution in [3.05, 3.63) is 21.9 Å². The first-order valence-electron chi connectivity index (χ1n) is 4.97. The van der Waals surface area contributed by atoms with Crippen LogP contribution >= 0.6 is 11.3 Å². The predicted octanol–water partition coefficient (Wildman–Crippen LogP) is 1.29. The number of carboxylic acids is 1. The minimum atomic E-state index is -3.79. The molecular formula is C10H15NO4S2. The van der Waals surface area contributed by atoms with Gasteiger partial charge in [-0.05, 0) is 30.9 Å². The second kappa shape index (κ2) is 5.16. The van der Waals surface area contributed by atoms with Crippen LogP contribution in [0.1, 0.15) is 17.4 Å². The summed E-state index contributed by atoms with van der Waals surface area (Å²) in [5.74, 6) is -1.33. The van der Waals surface area contributed by atoms with E-state index in [1.807, 2.05) is 18.4 Å². The van der Waals surface area contributed by atoms with Gasteiger partial charge in [0.1, 0.15) is 0 Å². The highest BCUT2D eigenvalue weighted by Crippen LogP contribution is 2.19. The van der Waals surface area contributed by atoms with Crippen LogP contribution in [0.15, 0.2) is 11.4 Å². The first kappa shape index (κ1) is 14.1. The van der Waals surface area contributed by atoms with Crippen molar-refractivity contribution in [3.8, 4) is 0 Å². The van der Waals surface area contributed by atoms with Crippen molar-refractivity contribution in [2.45, 2.75) is 25.6 Å². The minimum Gasteiger partial charge on any atom is -0.480 e. The molecule has 0 saturated carbocycles. The van der Waals surface area contributed by atoms with E-state index in [1.165, 1.54) is 25.3 Å². The van der Waals surface area contributed by atoms with Crippen molar-refractivity contribution in [2.24, 2.45) is 0 Å². The van der Waals surface area contributed by atoms with Gasteiger partial charge in [-0.25, -0.2) is 8.42 Å². The monoisotopic (exact) mass is 277 g/mol. The molecule has 1 aromatic heterocycles.